The van der Waals surface area contributed by atoms with Crippen LogP contribution in [0.1, 0.15) is 0 Å². The van der Waals surface area contributed by atoms with E-state index in [0.717, 1.165) is 24.4 Å². The summed E-state index contributed by atoms with van der Waals surface area (Å²) in [6, 6.07) is 6.16. The van der Waals surface area contributed by atoms with Gasteiger partial charge in [-0.1, -0.05) is 15.9 Å². The second-order valence-corrected chi connectivity index (χ2v) is 6.22. The van der Waals surface area contributed by atoms with E-state index in [2.05, 4.69) is 25.6 Å². The van der Waals surface area contributed by atoms with Crippen LogP contribution in [0.25, 0.3) is 0 Å². The summed E-state index contributed by atoms with van der Waals surface area (Å²) in [7, 11) is -3.94. The first-order valence-electron chi connectivity index (χ1n) is 5.05. The highest BCUT2D eigenvalue weighted by Crippen LogP contribution is 2.21. The molecule has 0 saturated heterocycles. The fourth-order valence-electron chi connectivity index (χ4n) is 1.34. The van der Waals surface area contributed by atoms with Crippen molar-refractivity contribution in [1.82, 2.24) is 4.98 Å². The molecule has 2 N–H and O–H groups in total. The smallest absolute Gasteiger partial charge is 0.263 e. The van der Waals surface area contributed by atoms with Crippen molar-refractivity contribution in [2.75, 3.05) is 4.72 Å². The predicted octanol–water partition coefficient (Wildman–Crippen LogP) is 2.08. The van der Waals surface area contributed by atoms with Crippen LogP contribution >= 0.6 is 15.9 Å². The zero-order valence-electron chi connectivity index (χ0n) is 9.35. The Morgan fingerprint density at radius 3 is 2.53 bits per heavy atom. The molecule has 0 aliphatic rings. The summed E-state index contributed by atoms with van der Waals surface area (Å²) in [5.41, 5.74) is -0.594. The van der Waals surface area contributed by atoms with Crippen LogP contribution in [-0.2, 0) is 10.0 Å². The molecule has 0 radical (unpaired) electrons. The summed E-state index contributed by atoms with van der Waals surface area (Å²) in [4.78, 5) is 12.9. The molecule has 0 amide bonds. The molecule has 2 rings (SSSR count). The second kappa shape index (κ2) is 5.14. The Labute approximate surface area is 116 Å². The van der Waals surface area contributed by atoms with Crippen LogP contribution in [0, 0.1) is 5.82 Å². The van der Waals surface area contributed by atoms with Crippen molar-refractivity contribution in [1.29, 1.82) is 0 Å². The molecule has 0 unspecified atom stereocenters. The van der Waals surface area contributed by atoms with Crippen molar-refractivity contribution in [3.63, 3.8) is 0 Å². The summed E-state index contributed by atoms with van der Waals surface area (Å²) in [6.07, 6.45) is 1.04. The minimum atomic E-state index is -3.94. The van der Waals surface area contributed by atoms with Crippen molar-refractivity contribution in [2.24, 2.45) is 0 Å². The first-order chi connectivity index (χ1) is 8.88. The molecule has 1 heterocycles. The largest absolute Gasteiger partial charge is 0.328 e. The lowest BCUT2D eigenvalue weighted by atomic mass is 10.3. The fourth-order valence-corrected chi connectivity index (χ4v) is 2.71. The normalized spacial score (nSPS) is 11.3. The van der Waals surface area contributed by atoms with Gasteiger partial charge in [0.15, 0.2) is 0 Å². The number of anilines is 1. The number of benzene rings is 1. The van der Waals surface area contributed by atoms with Crippen LogP contribution in [0.2, 0.25) is 0 Å². The molecule has 19 heavy (non-hydrogen) atoms. The summed E-state index contributed by atoms with van der Waals surface area (Å²) in [5.74, 6) is -0.706. The number of H-pyrrole nitrogens is 1. The summed E-state index contributed by atoms with van der Waals surface area (Å²) in [6.45, 7) is 0. The van der Waals surface area contributed by atoms with Gasteiger partial charge < -0.3 is 4.98 Å². The third kappa shape index (κ3) is 3.21. The van der Waals surface area contributed by atoms with Crippen molar-refractivity contribution in [3.8, 4) is 0 Å². The lowest BCUT2D eigenvalue weighted by Crippen LogP contribution is -2.16. The SMILES string of the molecule is O=c1ccc(S(=O)(=O)Nc2ccc(Br)cc2F)c[nH]1. The van der Waals surface area contributed by atoms with E-state index in [1.165, 1.54) is 12.1 Å². The number of halogens is 2. The van der Waals surface area contributed by atoms with Crippen molar-refractivity contribution in [3.05, 3.63) is 57.2 Å². The lowest BCUT2D eigenvalue weighted by Gasteiger charge is -2.08. The van der Waals surface area contributed by atoms with E-state index in [1.54, 1.807) is 0 Å². The van der Waals surface area contributed by atoms with Crippen molar-refractivity contribution >= 4 is 31.6 Å². The Kier molecular flexibility index (Phi) is 3.72. The van der Waals surface area contributed by atoms with Gasteiger partial charge in [-0.25, -0.2) is 12.8 Å². The highest BCUT2D eigenvalue weighted by molar-refractivity contribution is 9.10. The van der Waals surface area contributed by atoms with Crippen LogP contribution < -0.4 is 10.3 Å². The van der Waals surface area contributed by atoms with Gasteiger partial charge in [-0.3, -0.25) is 9.52 Å². The molecule has 0 saturated carbocycles. The van der Waals surface area contributed by atoms with Gasteiger partial charge in [0, 0.05) is 16.7 Å². The summed E-state index contributed by atoms with van der Waals surface area (Å²) < 4.78 is 40.0. The second-order valence-electron chi connectivity index (χ2n) is 3.62. The third-order valence-electron chi connectivity index (χ3n) is 2.24. The van der Waals surface area contributed by atoms with Gasteiger partial charge in [0.05, 0.1) is 5.69 Å². The Hall–Kier alpha value is -1.67. The molecule has 0 bridgehead atoms. The fraction of sp³-hybridized carbons (Fsp3) is 0. The number of pyridine rings is 1. The molecule has 8 heteroatoms. The first-order valence-corrected chi connectivity index (χ1v) is 7.33. The number of nitrogens with one attached hydrogen (secondary N) is 2. The van der Waals surface area contributed by atoms with Crippen LogP contribution in [0.4, 0.5) is 10.1 Å². The maximum Gasteiger partial charge on any atom is 0.263 e. The van der Waals surface area contributed by atoms with E-state index in [9.17, 15) is 17.6 Å². The number of aromatic nitrogens is 1. The number of hydrogen-bond donors (Lipinski definition) is 2. The Morgan fingerprint density at radius 1 is 1.21 bits per heavy atom. The van der Waals surface area contributed by atoms with Gasteiger partial charge in [-0.05, 0) is 24.3 Å². The number of rotatable bonds is 3. The lowest BCUT2D eigenvalue weighted by molar-refractivity contribution is 0.598. The quantitative estimate of drug-likeness (QED) is 0.892. The van der Waals surface area contributed by atoms with E-state index in [0.29, 0.717) is 4.47 Å². The number of hydrogen-bond acceptors (Lipinski definition) is 3. The van der Waals surface area contributed by atoms with Crippen LogP contribution in [0.5, 0.6) is 0 Å². The molecule has 1 aromatic carbocycles. The third-order valence-corrected chi connectivity index (χ3v) is 4.10. The average Bonchev–Trinajstić information content (AvgIpc) is 2.33. The summed E-state index contributed by atoms with van der Waals surface area (Å²) in [5, 5.41) is 0. The molecule has 1 aromatic heterocycles. The molecule has 0 atom stereocenters. The Morgan fingerprint density at radius 2 is 1.95 bits per heavy atom. The van der Waals surface area contributed by atoms with Gasteiger partial charge in [-0.15, -0.1) is 0 Å². The zero-order chi connectivity index (χ0) is 14.0. The maximum absolute atomic E-state index is 13.5. The summed E-state index contributed by atoms with van der Waals surface area (Å²) >= 11 is 3.07. The van der Waals surface area contributed by atoms with Gasteiger partial charge in [0.1, 0.15) is 10.7 Å². The minimum absolute atomic E-state index is 0.158. The predicted molar refractivity (Wildman–Crippen MR) is 72.0 cm³/mol. The Balaban J connectivity index is 2.36. The highest BCUT2D eigenvalue weighted by atomic mass is 79.9. The molecule has 5 nitrogen and oxygen atoms in total. The number of aromatic amines is 1. The molecule has 2 aromatic rings. The van der Waals surface area contributed by atoms with Gasteiger partial charge in [0.25, 0.3) is 10.0 Å². The van der Waals surface area contributed by atoms with Crippen molar-refractivity contribution < 1.29 is 12.8 Å². The molecule has 0 fully saturated rings. The van der Waals surface area contributed by atoms with Gasteiger partial charge in [0.2, 0.25) is 5.56 Å². The van der Waals surface area contributed by atoms with Crippen LogP contribution in [0.15, 0.2) is 50.7 Å². The average molecular weight is 347 g/mol. The number of sulfonamides is 1. The molecule has 0 spiro atoms. The zero-order valence-corrected chi connectivity index (χ0v) is 11.8. The minimum Gasteiger partial charge on any atom is -0.328 e. The maximum atomic E-state index is 13.5. The molecular weight excluding hydrogens is 339 g/mol. The van der Waals surface area contributed by atoms with E-state index in [1.807, 2.05) is 0 Å². The molecule has 0 aliphatic heterocycles. The highest BCUT2D eigenvalue weighted by Gasteiger charge is 2.16. The van der Waals surface area contributed by atoms with Gasteiger partial charge >= 0.3 is 0 Å². The molecule has 0 aliphatic carbocycles. The van der Waals surface area contributed by atoms with Gasteiger partial charge in [-0.2, -0.15) is 0 Å². The molecular formula is C11H8BrFN2O3S. The first kappa shape index (κ1) is 13.8. The van der Waals surface area contributed by atoms with E-state index in [-0.39, 0.29) is 10.6 Å². The topological polar surface area (TPSA) is 79.0 Å². The monoisotopic (exact) mass is 346 g/mol. The standard InChI is InChI=1S/C11H8BrFN2O3S/c12-7-1-3-10(9(13)5-7)15-19(17,18)8-2-4-11(16)14-6-8/h1-6,15H,(H,14,16). The molecule has 100 valence electrons. The van der Waals surface area contributed by atoms with Crippen LogP contribution in [0.3, 0.4) is 0 Å². The van der Waals surface area contributed by atoms with Crippen LogP contribution in [-0.4, -0.2) is 13.4 Å². The van der Waals surface area contributed by atoms with Crippen molar-refractivity contribution in [2.45, 2.75) is 4.90 Å². The van der Waals surface area contributed by atoms with E-state index in [4.69, 9.17) is 0 Å². The Bertz CT molecular complexity index is 753. The van der Waals surface area contributed by atoms with E-state index >= 15 is 0 Å². The van der Waals surface area contributed by atoms with E-state index < -0.39 is 21.4 Å².